The highest BCUT2D eigenvalue weighted by Gasteiger charge is 2.33. The molecule has 1 rings (SSSR count). The van der Waals surface area contributed by atoms with Gasteiger partial charge in [-0.3, -0.25) is 0 Å². The number of alkyl carbamates (subject to hydrolysis) is 1. The summed E-state index contributed by atoms with van der Waals surface area (Å²) in [7, 11) is 0. The van der Waals surface area contributed by atoms with Crippen LogP contribution in [0.4, 0.5) is 18.0 Å². The van der Waals surface area contributed by atoms with Crippen molar-refractivity contribution < 1.29 is 32.6 Å². The van der Waals surface area contributed by atoms with Gasteiger partial charge in [0, 0.05) is 0 Å². The minimum absolute atomic E-state index is 0.0257. The molecular formula is C16H20F3NO4. The third-order valence-electron chi connectivity index (χ3n) is 3.01. The smallest absolute Gasteiger partial charge is 0.416 e. The quantitative estimate of drug-likeness (QED) is 0.853. The number of aliphatic carboxylic acids is 1. The lowest BCUT2D eigenvalue weighted by Gasteiger charge is -2.22. The standard InChI is InChI=1S/C16H20F3NO4/c1-15(2,3)24-14(23)20-12(13(21)22)9-8-10-6-4-5-7-11(10)16(17,18)19/h4-7,12H,8-9H2,1-3H3,(H,20,23)(H,21,22). The third-order valence-corrected chi connectivity index (χ3v) is 3.01. The SMILES string of the molecule is CC(C)(C)OC(=O)NC(CCc1ccccc1C(F)(F)F)C(=O)O. The van der Waals surface area contributed by atoms with E-state index in [0.717, 1.165) is 6.07 Å². The van der Waals surface area contributed by atoms with Gasteiger partial charge in [0.1, 0.15) is 11.6 Å². The predicted octanol–water partition coefficient (Wildman–Crippen LogP) is 3.62. The molecule has 0 radical (unpaired) electrons. The molecule has 1 atom stereocenters. The van der Waals surface area contributed by atoms with Crippen LogP contribution in [0, 0.1) is 0 Å². The Morgan fingerprint density at radius 3 is 2.29 bits per heavy atom. The molecule has 0 aliphatic rings. The first kappa shape index (κ1) is 19.8. The highest BCUT2D eigenvalue weighted by atomic mass is 19.4. The van der Waals surface area contributed by atoms with Crippen molar-refractivity contribution in [3.8, 4) is 0 Å². The molecule has 0 spiro atoms. The van der Waals surface area contributed by atoms with E-state index in [-0.39, 0.29) is 18.4 Å². The van der Waals surface area contributed by atoms with Crippen LogP contribution in [0.25, 0.3) is 0 Å². The molecule has 0 aliphatic heterocycles. The number of carboxylic acid groups (broad SMARTS) is 1. The summed E-state index contributed by atoms with van der Waals surface area (Å²) in [5.74, 6) is -1.34. The van der Waals surface area contributed by atoms with Crippen molar-refractivity contribution in [1.29, 1.82) is 0 Å². The summed E-state index contributed by atoms with van der Waals surface area (Å²) in [4.78, 5) is 22.8. The summed E-state index contributed by atoms with van der Waals surface area (Å²) in [6, 6.07) is 3.59. The van der Waals surface area contributed by atoms with E-state index in [4.69, 9.17) is 9.84 Å². The van der Waals surface area contributed by atoms with E-state index in [1.54, 1.807) is 20.8 Å². The summed E-state index contributed by atoms with van der Waals surface area (Å²) in [5, 5.41) is 11.3. The summed E-state index contributed by atoms with van der Waals surface area (Å²) in [6.45, 7) is 4.84. The minimum Gasteiger partial charge on any atom is -0.480 e. The first-order valence-corrected chi connectivity index (χ1v) is 7.27. The fourth-order valence-corrected chi connectivity index (χ4v) is 2.02. The van der Waals surface area contributed by atoms with Crippen LogP contribution in [0.2, 0.25) is 0 Å². The molecule has 1 aromatic carbocycles. The van der Waals surface area contributed by atoms with Gasteiger partial charge >= 0.3 is 18.2 Å². The van der Waals surface area contributed by atoms with Crippen LogP contribution < -0.4 is 5.32 Å². The van der Waals surface area contributed by atoms with Crippen LogP contribution in [0.15, 0.2) is 24.3 Å². The van der Waals surface area contributed by atoms with Crippen LogP contribution in [0.3, 0.4) is 0 Å². The molecule has 8 heteroatoms. The molecule has 0 aromatic heterocycles. The number of hydrogen-bond donors (Lipinski definition) is 2. The molecule has 1 unspecified atom stereocenters. The van der Waals surface area contributed by atoms with Crippen LogP contribution in [0.1, 0.15) is 38.3 Å². The molecule has 0 fully saturated rings. The number of carbonyl (C=O) groups is 2. The number of halogens is 3. The molecule has 5 nitrogen and oxygen atoms in total. The van der Waals surface area contributed by atoms with Crippen molar-refractivity contribution >= 4 is 12.1 Å². The molecule has 2 N–H and O–H groups in total. The second-order valence-electron chi connectivity index (χ2n) is 6.23. The topological polar surface area (TPSA) is 75.6 Å². The second kappa shape index (κ2) is 7.55. The number of amides is 1. The number of alkyl halides is 3. The van der Waals surface area contributed by atoms with Crippen LogP contribution >= 0.6 is 0 Å². The lowest BCUT2D eigenvalue weighted by Crippen LogP contribution is -2.43. The van der Waals surface area contributed by atoms with Gasteiger partial charge in [0.2, 0.25) is 0 Å². The Balaban J connectivity index is 2.79. The van der Waals surface area contributed by atoms with Gasteiger partial charge in [-0.1, -0.05) is 18.2 Å². The first-order valence-electron chi connectivity index (χ1n) is 7.27. The number of benzene rings is 1. The van der Waals surface area contributed by atoms with Crippen LogP contribution in [0.5, 0.6) is 0 Å². The van der Waals surface area contributed by atoms with E-state index in [1.807, 2.05) is 0 Å². The fourth-order valence-electron chi connectivity index (χ4n) is 2.02. The van der Waals surface area contributed by atoms with Gasteiger partial charge in [-0.25, -0.2) is 9.59 Å². The third kappa shape index (κ3) is 6.47. The summed E-state index contributed by atoms with van der Waals surface area (Å²) in [5.41, 5.74) is -1.65. The molecule has 134 valence electrons. The fraction of sp³-hybridized carbons (Fsp3) is 0.500. The van der Waals surface area contributed by atoms with Crippen molar-refractivity contribution in [2.24, 2.45) is 0 Å². The number of rotatable bonds is 5. The van der Waals surface area contributed by atoms with E-state index in [9.17, 15) is 22.8 Å². The second-order valence-corrected chi connectivity index (χ2v) is 6.23. The van der Waals surface area contributed by atoms with Crippen molar-refractivity contribution in [3.63, 3.8) is 0 Å². The number of nitrogens with one attached hydrogen (secondary N) is 1. The summed E-state index contributed by atoms with van der Waals surface area (Å²) in [6.07, 6.45) is -5.79. The van der Waals surface area contributed by atoms with E-state index in [0.29, 0.717) is 0 Å². The number of hydrogen-bond acceptors (Lipinski definition) is 3. The lowest BCUT2D eigenvalue weighted by molar-refractivity contribution is -0.139. The zero-order valence-electron chi connectivity index (χ0n) is 13.6. The zero-order chi connectivity index (χ0) is 18.5. The van der Waals surface area contributed by atoms with Gasteiger partial charge in [0.25, 0.3) is 0 Å². The molecule has 0 bridgehead atoms. The summed E-state index contributed by atoms with van der Waals surface area (Å²) >= 11 is 0. The maximum absolute atomic E-state index is 12.9. The van der Waals surface area contributed by atoms with E-state index >= 15 is 0 Å². The van der Waals surface area contributed by atoms with E-state index < -0.39 is 35.4 Å². The molecule has 1 aromatic rings. The largest absolute Gasteiger partial charge is 0.480 e. The Kier molecular flexibility index (Phi) is 6.22. The Morgan fingerprint density at radius 2 is 1.79 bits per heavy atom. The Hall–Kier alpha value is -2.25. The molecule has 0 saturated heterocycles. The van der Waals surface area contributed by atoms with Crippen molar-refractivity contribution in [1.82, 2.24) is 5.32 Å². The van der Waals surface area contributed by atoms with Crippen LogP contribution in [-0.4, -0.2) is 28.8 Å². The number of carbonyl (C=O) groups excluding carboxylic acids is 1. The van der Waals surface area contributed by atoms with Crippen molar-refractivity contribution in [3.05, 3.63) is 35.4 Å². The van der Waals surface area contributed by atoms with Gasteiger partial charge in [-0.05, 0) is 45.2 Å². The predicted molar refractivity (Wildman–Crippen MR) is 80.6 cm³/mol. The maximum Gasteiger partial charge on any atom is 0.416 e. The monoisotopic (exact) mass is 347 g/mol. The molecular weight excluding hydrogens is 327 g/mol. The Morgan fingerprint density at radius 1 is 1.21 bits per heavy atom. The Bertz CT molecular complexity index is 594. The first-order chi connectivity index (χ1) is 10.9. The molecule has 0 heterocycles. The van der Waals surface area contributed by atoms with Crippen molar-refractivity contribution in [2.75, 3.05) is 0 Å². The maximum atomic E-state index is 12.9. The van der Waals surface area contributed by atoms with Crippen molar-refractivity contribution in [2.45, 2.75) is 51.4 Å². The number of ether oxygens (including phenoxy) is 1. The van der Waals surface area contributed by atoms with E-state index in [2.05, 4.69) is 5.32 Å². The van der Waals surface area contributed by atoms with Gasteiger partial charge in [-0.15, -0.1) is 0 Å². The van der Waals surface area contributed by atoms with Gasteiger partial charge in [0.15, 0.2) is 0 Å². The zero-order valence-corrected chi connectivity index (χ0v) is 13.6. The number of carboxylic acids is 1. The van der Waals surface area contributed by atoms with Crippen LogP contribution in [-0.2, 0) is 22.1 Å². The summed E-state index contributed by atoms with van der Waals surface area (Å²) < 4.78 is 43.7. The van der Waals surface area contributed by atoms with E-state index in [1.165, 1.54) is 18.2 Å². The average Bonchev–Trinajstić information content (AvgIpc) is 2.40. The molecule has 0 saturated carbocycles. The van der Waals surface area contributed by atoms with Gasteiger partial charge in [0.05, 0.1) is 5.56 Å². The highest BCUT2D eigenvalue weighted by molar-refractivity contribution is 5.80. The number of aryl methyl sites for hydroxylation is 1. The lowest BCUT2D eigenvalue weighted by atomic mass is 10.00. The van der Waals surface area contributed by atoms with Gasteiger partial charge < -0.3 is 15.2 Å². The highest BCUT2D eigenvalue weighted by Crippen LogP contribution is 2.32. The average molecular weight is 347 g/mol. The minimum atomic E-state index is -4.52. The molecule has 24 heavy (non-hydrogen) atoms. The van der Waals surface area contributed by atoms with Gasteiger partial charge in [-0.2, -0.15) is 13.2 Å². The Labute approximate surface area is 137 Å². The normalized spacial score (nSPS) is 13.2. The molecule has 1 amide bonds. The molecule has 0 aliphatic carbocycles.